The minimum atomic E-state index is -0.255. The van der Waals surface area contributed by atoms with Crippen molar-refractivity contribution in [2.75, 3.05) is 0 Å². The van der Waals surface area contributed by atoms with Crippen molar-refractivity contribution >= 4 is 33.3 Å². The van der Waals surface area contributed by atoms with Gasteiger partial charge in [0.05, 0.1) is 10.6 Å². The van der Waals surface area contributed by atoms with E-state index in [4.69, 9.17) is 0 Å². The van der Waals surface area contributed by atoms with E-state index in [0.717, 1.165) is 20.2 Å². The van der Waals surface area contributed by atoms with Gasteiger partial charge in [-0.05, 0) is 50.6 Å². The lowest BCUT2D eigenvalue weighted by Crippen LogP contribution is -2.12. The van der Waals surface area contributed by atoms with E-state index in [0.29, 0.717) is 11.2 Å². The van der Waals surface area contributed by atoms with Crippen LogP contribution >= 0.6 is 23.1 Å². The van der Waals surface area contributed by atoms with Crippen LogP contribution in [0.1, 0.15) is 28.4 Å². The van der Waals surface area contributed by atoms with Crippen molar-refractivity contribution < 1.29 is 4.39 Å². The summed E-state index contributed by atoms with van der Waals surface area (Å²) < 4.78 is 12.9. The first-order valence-electron chi connectivity index (χ1n) is 6.88. The molecule has 0 fully saturated rings. The molecule has 0 aliphatic heterocycles. The molecule has 1 aromatic carbocycles. The Kier molecular flexibility index (Phi) is 4.06. The van der Waals surface area contributed by atoms with Gasteiger partial charge in [-0.3, -0.25) is 4.79 Å². The molecule has 0 spiro atoms. The van der Waals surface area contributed by atoms with Gasteiger partial charge in [0.15, 0.2) is 0 Å². The Morgan fingerprint density at radius 3 is 2.64 bits per heavy atom. The zero-order chi connectivity index (χ0) is 15.9. The van der Waals surface area contributed by atoms with Crippen molar-refractivity contribution in [2.24, 2.45) is 0 Å². The van der Waals surface area contributed by atoms with Gasteiger partial charge in [-0.2, -0.15) is 0 Å². The van der Waals surface area contributed by atoms with Crippen LogP contribution in [-0.4, -0.2) is 9.97 Å². The fraction of sp³-hybridized carbons (Fsp3) is 0.250. The highest BCUT2D eigenvalue weighted by molar-refractivity contribution is 7.99. The van der Waals surface area contributed by atoms with Crippen LogP contribution in [0.5, 0.6) is 0 Å². The van der Waals surface area contributed by atoms with Crippen LogP contribution in [0.15, 0.2) is 34.0 Å². The Balaban J connectivity index is 1.95. The van der Waals surface area contributed by atoms with Crippen molar-refractivity contribution in [3.8, 4) is 0 Å². The lowest BCUT2D eigenvalue weighted by atomic mass is 10.2. The number of halogens is 1. The van der Waals surface area contributed by atoms with Crippen LogP contribution in [0.25, 0.3) is 10.2 Å². The highest BCUT2D eigenvalue weighted by Crippen LogP contribution is 2.34. The molecule has 6 heteroatoms. The average molecular weight is 334 g/mol. The van der Waals surface area contributed by atoms with E-state index in [2.05, 4.69) is 9.97 Å². The Bertz CT molecular complexity index is 884. The van der Waals surface area contributed by atoms with Gasteiger partial charge in [0, 0.05) is 9.77 Å². The Labute approximate surface area is 135 Å². The van der Waals surface area contributed by atoms with Gasteiger partial charge in [0.1, 0.15) is 16.5 Å². The molecule has 3 rings (SSSR count). The summed E-state index contributed by atoms with van der Waals surface area (Å²) in [5.41, 5.74) is 0.910. The molecule has 0 aliphatic rings. The van der Waals surface area contributed by atoms with Gasteiger partial charge in [0.2, 0.25) is 0 Å². The average Bonchev–Trinajstić information content (AvgIpc) is 2.77. The summed E-state index contributed by atoms with van der Waals surface area (Å²) in [6, 6.07) is 6.32. The molecule has 0 unspecified atom stereocenters. The first kappa shape index (κ1) is 15.2. The number of thiophene rings is 1. The molecule has 0 amide bonds. The molecule has 1 atom stereocenters. The third-order valence-electron chi connectivity index (χ3n) is 3.57. The zero-order valence-electron chi connectivity index (χ0n) is 12.4. The lowest BCUT2D eigenvalue weighted by Gasteiger charge is -2.10. The van der Waals surface area contributed by atoms with E-state index in [1.807, 2.05) is 20.8 Å². The normalized spacial score (nSPS) is 12.7. The number of aromatic amines is 1. The van der Waals surface area contributed by atoms with E-state index in [9.17, 15) is 9.18 Å². The standard InChI is InChI=1S/C16H15FN2OS2/c1-8-9(2)22-16-13(8)15(20)18-14(19-16)10(3)21-12-6-4-11(17)5-7-12/h4-7,10H,1-3H3,(H,18,19,20)/t10-/m1/s1. The molecule has 3 nitrogen and oxygen atoms in total. The van der Waals surface area contributed by atoms with Crippen LogP contribution in [0.3, 0.4) is 0 Å². The van der Waals surface area contributed by atoms with Crippen LogP contribution < -0.4 is 5.56 Å². The Morgan fingerprint density at radius 1 is 1.27 bits per heavy atom. The summed E-state index contributed by atoms with van der Waals surface area (Å²) >= 11 is 3.08. The van der Waals surface area contributed by atoms with Crippen molar-refractivity contribution in [3.05, 3.63) is 56.7 Å². The third kappa shape index (κ3) is 2.80. The summed E-state index contributed by atoms with van der Waals surface area (Å²) in [7, 11) is 0. The maximum Gasteiger partial charge on any atom is 0.259 e. The number of aryl methyl sites for hydroxylation is 2. The molecule has 0 aliphatic carbocycles. The second-order valence-electron chi connectivity index (χ2n) is 5.13. The molecule has 114 valence electrons. The van der Waals surface area contributed by atoms with Crippen molar-refractivity contribution in [3.63, 3.8) is 0 Å². The van der Waals surface area contributed by atoms with Crippen LogP contribution in [-0.2, 0) is 0 Å². The Morgan fingerprint density at radius 2 is 1.95 bits per heavy atom. The summed E-state index contributed by atoms with van der Waals surface area (Å²) in [6.45, 7) is 5.92. The van der Waals surface area contributed by atoms with Gasteiger partial charge in [-0.15, -0.1) is 23.1 Å². The molecule has 3 aromatic rings. The topological polar surface area (TPSA) is 45.8 Å². The Hall–Kier alpha value is -1.66. The third-order valence-corrected chi connectivity index (χ3v) is 5.79. The first-order valence-corrected chi connectivity index (χ1v) is 8.57. The number of hydrogen-bond donors (Lipinski definition) is 1. The number of aromatic nitrogens is 2. The predicted octanol–water partition coefficient (Wildman–Crippen LogP) is 4.59. The van der Waals surface area contributed by atoms with E-state index >= 15 is 0 Å². The van der Waals surface area contributed by atoms with Gasteiger partial charge in [-0.1, -0.05) is 0 Å². The number of hydrogen-bond acceptors (Lipinski definition) is 4. The van der Waals surface area contributed by atoms with Gasteiger partial charge < -0.3 is 4.98 Å². The van der Waals surface area contributed by atoms with Crippen molar-refractivity contribution in [1.82, 2.24) is 9.97 Å². The van der Waals surface area contributed by atoms with Crippen LogP contribution in [0.4, 0.5) is 4.39 Å². The van der Waals surface area contributed by atoms with Crippen molar-refractivity contribution in [2.45, 2.75) is 30.9 Å². The highest BCUT2D eigenvalue weighted by atomic mass is 32.2. The smallest absolute Gasteiger partial charge is 0.259 e. The molecule has 1 N–H and O–H groups in total. The first-order chi connectivity index (χ1) is 10.5. The molecular weight excluding hydrogens is 319 g/mol. The molecule has 0 bridgehead atoms. The maximum absolute atomic E-state index is 12.9. The number of rotatable bonds is 3. The summed E-state index contributed by atoms with van der Waals surface area (Å²) in [6.07, 6.45) is 0. The quantitative estimate of drug-likeness (QED) is 0.712. The fourth-order valence-electron chi connectivity index (χ4n) is 2.24. The van der Waals surface area contributed by atoms with E-state index in [-0.39, 0.29) is 16.6 Å². The van der Waals surface area contributed by atoms with Gasteiger partial charge in [-0.25, -0.2) is 9.37 Å². The number of nitrogens with one attached hydrogen (secondary N) is 1. The van der Waals surface area contributed by atoms with Crippen LogP contribution in [0.2, 0.25) is 0 Å². The summed E-state index contributed by atoms with van der Waals surface area (Å²) in [5.74, 6) is 0.391. The molecular formula is C16H15FN2OS2. The molecule has 2 heterocycles. The maximum atomic E-state index is 12.9. The highest BCUT2D eigenvalue weighted by Gasteiger charge is 2.16. The van der Waals surface area contributed by atoms with Gasteiger partial charge in [0.25, 0.3) is 5.56 Å². The molecule has 22 heavy (non-hydrogen) atoms. The SMILES string of the molecule is Cc1sc2nc([C@@H](C)Sc3ccc(F)cc3)[nH]c(=O)c2c1C. The molecule has 0 saturated heterocycles. The minimum absolute atomic E-state index is 0.0229. The minimum Gasteiger partial charge on any atom is -0.309 e. The number of thioether (sulfide) groups is 1. The van der Waals surface area contributed by atoms with E-state index in [1.165, 1.54) is 23.9 Å². The second-order valence-corrected chi connectivity index (χ2v) is 7.75. The molecule has 0 saturated carbocycles. The second kappa shape index (κ2) is 5.85. The molecule has 2 aromatic heterocycles. The number of H-pyrrole nitrogens is 1. The fourth-order valence-corrected chi connectivity index (χ4v) is 4.20. The number of nitrogens with zero attached hydrogens (tertiary/aromatic N) is 1. The lowest BCUT2D eigenvalue weighted by molar-refractivity contribution is 0.626. The monoisotopic (exact) mass is 334 g/mol. The van der Waals surface area contributed by atoms with Crippen LogP contribution in [0, 0.1) is 19.7 Å². The van der Waals surface area contributed by atoms with Crippen molar-refractivity contribution in [1.29, 1.82) is 0 Å². The predicted molar refractivity (Wildman–Crippen MR) is 90.4 cm³/mol. The van der Waals surface area contributed by atoms with Gasteiger partial charge >= 0.3 is 0 Å². The summed E-state index contributed by atoms with van der Waals surface area (Å²) in [4.78, 5) is 22.6. The molecule has 0 radical (unpaired) electrons. The largest absolute Gasteiger partial charge is 0.309 e. The van der Waals surface area contributed by atoms with E-state index in [1.54, 1.807) is 23.5 Å². The summed E-state index contributed by atoms with van der Waals surface area (Å²) in [5, 5.41) is 0.663. The number of benzene rings is 1. The number of fused-ring (bicyclic) bond motifs is 1. The zero-order valence-corrected chi connectivity index (χ0v) is 14.1. The van der Waals surface area contributed by atoms with E-state index < -0.39 is 0 Å².